The molecular formula is C17H26N4O3S. The molecule has 0 bridgehead atoms. The topological polar surface area (TPSA) is 97.0 Å². The van der Waals surface area contributed by atoms with Gasteiger partial charge in [-0.1, -0.05) is 12.1 Å². The van der Waals surface area contributed by atoms with Gasteiger partial charge in [-0.05, 0) is 43.4 Å². The number of guanidine groups is 1. The lowest BCUT2D eigenvalue weighted by Crippen LogP contribution is -2.37. The van der Waals surface area contributed by atoms with Crippen LogP contribution >= 0.6 is 0 Å². The first-order chi connectivity index (χ1) is 12.1. The minimum Gasteiger partial charge on any atom is -0.376 e. The van der Waals surface area contributed by atoms with Crippen LogP contribution in [-0.2, 0) is 21.3 Å². The Kier molecular flexibility index (Phi) is 5.93. The lowest BCUT2D eigenvalue weighted by Gasteiger charge is -2.15. The third-order valence-electron chi connectivity index (χ3n) is 4.59. The molecule has 0 aromatic heterocycles. The van der Waals surface area contributed by atoms with Crippen LogP contribution in [0, 0.1) is 0 Å². The Morgan fingerprint density at radius 2 is 1.96 bits per heavy atom. The lowest BCUT2D eigenvalue weighted by molar-refractivity contribution is 0.114. The minimum absolute atomic E-state index is 0.212. The zero-order valence-electron chi connectivity index (χ0n) is 14.4. The van der Waals surface area contributed by atoms with Crippen LogP contribution in [0.25, 0.3) is 0 Å². The monoisotopic (exact) mass is 366 g/mol. The summed E-state index contributed by atoms with van der Waals surface area (Å²) in [4.78, 5) is 4.63. The zero-order valence-corrected chi connectivity index (χ0v) is 15.2. The van der Waals surface area contributed by atoms with Crippen LogP contribution in [0.4, 0.5) is 0 Å². The van der Waals surface area contributed by atoms with E-state index in [9.17, 15) is 8.42 Å². The number of nitrogens with two attached hydrogens (primary N) is 1. The first-order valence-electron chi connectivity index (χ1n) is 8.80. The molecule has 2 saturated heterocycles. The molecule has 2 aliphatic heterocycles. The van der Waals surface area contributed by atoms with Gasteiger partial charge in [0.2, 0.25) is 10.0 Å². The van der Waals surface area contributed by atoms with Gasteiger partial charge >= 0.3 is 0 Å². The van der Waals surface area contributed by atoms with Gasteiger partial charge in [0, 0.05) is 26.2 Å². The second-order valence-electron chi connectivity index (χ2n) is 6.47. The summed E-state index contributed by atoms with van der Waals surface area (Å²) in [6.07, 6.45) is 4.22. The summed E-state index contributed by atoms with van der Waals surface area (Å²) in [5.41, 5.74) is 6.78. The molecule has 2 heterocycles. The number of hydrogen-bond donors (Lipinski definition) is 2. The van der Waals surface area contributed by atoms with Crippen molar-refractivity contribution in [3.8, 4) is 0 Å². The number of benzene rings is 1. The van der Waals surface area contributed by atoms with Crippen molar-refractivity contribution in [3.05, 3.63) is 29.8 Å². The Hall–Kier alpha value is -1.64. The molecule has 7 nitrogen and oxygen atoms in total. The van der Waals surface area contributed by atoms with Crippen LogP contribution in [0.2, 0.25) is 0 Å². The molecule has 0 spiro atoms. The predicted octanol–water partition coefficient (Wildman–Crippen LogP) is 1.05. The van der Waals surface area contributed by atoms with Gasteiger partial charge in [-0.3, -0.25) is 0 Å². The van der Waals surface area contributed by atoms with Crippen molar-refractivity contribution in [3.63, 3.8) is 0 Å². The first-order valence-corrected chi connectivity index (χ1v) is 10.2. The SMILES string of the molecule is NC(=NCc1ccc(S(=O)(=O)N2CCCC2)cc1)NCC1CCCO1. The fourth-order valence-electron chi connectivity index (χ4n) is 3.10. The standard InChI is InChI=1S/C17H26N4O3S/c18-17(20-13-15-4-3-11-24-15)19-12-14-5-7-16(8-6-14)25(22,23)21-9-1-2-10-21/h5-8,15H,1-4,9-13H2,(H3,18,19,20). The number of hydrogen-bond acceptors (Lipinski definition) is 4. The molecule has 0 amide bonds. The number of rotatable bonds is 6. The molecule has 3 rings (SSSR count). The molecule has 1 atom stereocenters. The van der Waals surface area contributed by atoms with Gasteiger partial charge in [-0.2, -0.15) is 4.31 Å². The van der Waals surface area contributed by atoms with Gasteiger partial charge in [0.25, 0.3) is 0 Å². The summed E-state index contributed by atoms with van der Waals surface area (Å²) in [6.45, 7) is 3.12. The van der Waals surface area contributed by atoms with Gasteiger partial charge in [0.1, 0.15) is 0 Å². The molecule has 138 valence electrons. The van der Waals surface area contributed by atoms with E-state index in [-0.39, 0.29) is 6.10 Å². The average Bonchev–Trinajstić information content (AvgIpc) is 3.32. The number of nitrogens with zero attached hydrogens (tertiary/aromatic N) is 2. The average molecular weight is 366 g/mol. The highest BCUT2D eigenvalue weighted by molar-refractivity contribution is 7.89. The van der Waals surface area contributed by atoms with Crippen molar-refractivity contribution in [1.29, 1.82) is 0 Å². The van der Waals surface area contributed by atoms with E-state index in [1.54, 1.807) is 28.6 Å². The van der Waals surface area contributed by atoms with Crippen molar-refractivity contribution < 1.29 is 13.2 Å². The van der Waals surface area contributed by atoms with E-state index in [2.05, 4.69) is 10.3 Å². The van der Waals surface area contributed by atoms with Gasteiger partial charge in [-0.25, -0.2) is 13.4 Å². The molecule has 0 radical (unpaired) electrons. The maximum Gasteiger partial charge on any atom is 0.243 e. The first kappa shape index (κ1) is 18.2. The third kappa shape index (κ3) is 4.71. The normalized spacial score (nSPS) is 22.4. The molecule has 0 saturated carbocycles. The van der Waals surface area contributed by atoms with Crippen molar-refractivity contribution in [2.75, 3.05) is 26.2 Å². The summed E-state index contributed by atoms with van der Waals surface area (Å²) in [5, 5.41) is 3.07. The van der Waals surface area contributed by atoms with E-state index >= 15 is 0 Å². The fourth-order valence-corrected chi connectivity index (χ4v) is 4.62. The molecular weight excluding hydrogens is 340 g/mol. The van der Waals surface area contributed by atoms with E-state index in [4.69, 9.17) is 10.5 Å². The van der Waals surface area contributed by atoms with Crippen molar-refractivity contribution in [2.45, 2.75) is 43.2 Å². The van der Waals surface area contributed by atoms with Gasteiger partial charge in [0.15, 0.2) is 5.96 Å². The molecule has 0 aliphatic carbocycles. The second kappa shape index (κ2) is 8.16. The van der Waals surface area contributed by atoms with Gasteiger partial charge in [0.05, 0.1) is 17.5 Å². The van der Waals surface area contributed by atoms with Crippen LogP contribution in [0.15, 0.2) is 34.2 Å². The summed E-state index contributed by atoms with van der Waals surface area (Å²) in [6, 6.07) is 6.88. The summed E-state index contributed by atoms with van der Waals surface area (Å²) < 4.78 is 32.0. The summed E-state index contributed by atoms with van der Waals surface area (Å²) in [7, 11) is -3.36. The molecule has 1 unspecified atom stereocenters. The number of ether oxygens (including phenoxy) is 1. The highest BCUT2D eigenvalue weighted by Gasteiger charge is 2.26. The van der Waals surface area contributed by atoms with Crippen LogP contribution in [-0.4, -0.2) is 51.0 Å². The Labute approximate surface area is 149 Å². The van der Waals surface area contributed by atoms with Crippen molar-refractivity contribution >= 4 is 16.0 Å². The largest absolute Gasteiger partial charge is 0.376 e. The maximum atomic E-state index is 12.5. The van der Waals surface area contributed by atoms with Crippen LogP contribution in [0.5, 0.6) is 0 Å². The third-order valence-corrected chi connectivity index (χ3v) is 6.51. The maximum absolute atomic E-state index is 12.5. The van der Waals surface area contributed by atoms with E-state index in [1.807, 2.05) is 0 Å². The summed E-state index contributed by atoms with van der Waals surface area (Å²) >= 11 is 0. The highest BCUT2D eigenvalue weighted by Crippen LogP contribution is 2.21. The smallest absolute Gasteiger partial charge is 0.243 e. The molecule has 3 N–H and O–H groups in total. The lowest BCUT2D eigenvalue weighted by atomic mass is 10.2. The molecule has 2 fully saturated rings. The van der Waals surface area contributed by atoms with E-state index < -0.39 is 10.0 Å². The number of sulfonamides is 1. The minimum atomic E-state index is -3.36. The zero-order chi connectivity index (χ0) is 17.7. The Morgan fingerprint density at radius 3 is 2.60 bits per heavy atom. The van der Waals surface area contributed by atoms with E-state index in [0.29, 0.717) is 37.0 Å². The van der Waals surface area contributed by atoms with Gasteiger partial charge < -0.3 is 15.8 Å². The Bertz CT molecular complexity index is 691. The molecule has 8 heteroatoms. The molecule has 1 aromatic rings. The van der Waals surface area contributed by atoms with Crippen LogP contribution in [0.1, 0.15) is 31.2 Å². The van der Waals surface area contributed by atoms with E-state index in [1.165, 1.54) is 0 Å². The van der Waals surface area contributed by atoms with Crippen molar-refractivity contribution in [1.82, 2.24) is 9.62 Å². The number of aliphatic imine (C=N–C) groups is 1. The molecule has 2 aliphatic rings. The van der Waals surface area contributed by atoms with Crippen LogP contribution in [0.3, 0.4) is 0 Å². The molecule has 25 heavy (non-hydrogen) atoms. The highest BCUT2D eigenvalue weighted by atomic mass is 32.2. The Morgan fingerprint density at radius 1 is 1.24 bits per heavy atom. The predicted molar refractivity (Wildman–Crippen MR) is 96.7 cm³/mol. The van der Waals surface area contributed by atoms with Gasteiger partial charge in [-0.15, -0.1) is 0 Å². The molecule has 1 aromatic carbocycles. The fraction of sp³-hybridized carbons (Fsp3) is 0.588. The second-order valence-corrected chi connectivity index (χ2v) is 8.41. The van der Waals surface area contributed by atoms with E-state index in [0.717, 1.165) is 37.9 Å². The summed E-state index contributed by atoms with van der Waals surface area (Å²) in [5.74, 6) is 0.379. The Balaban J connectivity index is 1.54. The van der Waals surface area contributed by atoms with Crippen LogP contribution < -0.4 is 11.1 Å². The van der Waals surface area contributed by atoms with Crippen molar-refractivity contribution in [2.24, 2.45) is 10.7 Å². The number of nitrogens with one attached hydrogen (secondary N) is 1. The quantitative estimate of drug-likeness (QED) is 0.579.